The minimum atomic E-state index is -3.90. The number of nitrogens with one attached hydrogen (secondary N) is 2. The molecule has 0 radical (unpaired) electrons. The summed E-state index contributed by atoms with van der Waals surface area (Å²) >= 11 is 0. The molecule has 0 saturated carbocycles. The van der Waals surface area contributed by atoms with Crippen LogP contribution in [-0.2, 0) is 24.8 Å². The van der Waals surface area contributed by atoms with Crippen LogP contribution in [0.5, 0.6) is 5.75 Å². The Morgan fingerprint density at radius 3 is 2.15 bits per heavy atom. The molecule has 4 aromatic rings. The first-order valence-electron chi connectivity index (χ1n) is 12.1. The Balaban J connectivity index is 1.50. The van der Waals surface area contributed by atoms with E-state index in [2.05, 4.69) is 10.0 Å². The Morgan fingerprint density at radius 1 is 0.872 bits per heavy atom. The predicted molar refractivity (Wildman–Crippen MR) is 154 cm³/mol. The summed E-state index contributed by atoms with van der Waals surface area (Å²) in [6.07, 6.45) is 1.02. The Bertz CT molecular complexity index is 1680. The highest BCUT2D eigenvalue weighted by molar-refractivity contribution is 7.92. The molecule has 1 atom stereocenters. The quantitative estimate of drug-likeness (QED) is 0.283. The van der Waals surface area contributed by atoms with E-state index in [4.69, 9.17) is 4.74 Å². The largest absolute Gasteiger partial charge is 0.494 e. The minimum Gasteiger partial charge on any atom is -0.494 e. The zero-order chi connectivity index (χ0) is 28.2. The van der Waals surface area contributed by atoms with Gasteiger partial charge in [0, 0.05) is 11.1 Å². The average Bonchev–Trinajstić information content (AvgIpc) is 2.89. The predicted octanol–water partition coefficient (Wildman–Crippen LogP) is 4.83. The lowest BCUT2D eigenvalue weighted by Gasteiger charge is -2.28. The third-order valence-corrected chi connectivity index (χ3v) is 8.58. The smallest absolute Gasteiger partial charge is 0.261 e. The van der Waals surface area contributed by atoms with Crippen molar-refractivity contribution in [3.8, 4) is 5.75 Å². The van der Waals surface area contributed by atoms with Crippen molar-refractivity contribution in [2.45, 2.75) is 24.8 Å². The van der Waals surface area contributed by atoms with Crippen molar-refractivity contribution in [1.29, 1.82) is 0 Å². The Labute approximate surface area is 228 Å². The molecular weight excluding hydrogens is 538 g/mol. The van der Waals surface area contributed by atoms with Crippen molar-refractivity contribution in [3.63, 3.8) is 0 Å². The lowest BCUT2D eigenvalue weighted by Crippen LogP contribution is -2.45. The molecule has 0 aliphatic carbocycles. The molecule has 4 aromatic carbocycles. The van der Waals surface area contributed by atoms with E-state index in [9.17, 15) is 21.6 Å². The van der Waals surface area contributed by atoms with Gasteiger partial charge in [-0.25, -0.2) is 16.8 Å². The molecule has 204 valence electrons. The number of fused-ring (bicyclic) bond motifs is 1. The molecule has 2 N–H and O–H groups in total. The second-order valence-electron chi connectivity index (χ2n) is 8.81. The Morgan fingerprint density at radius 2 is 1.51 bits per heavy atom. The van der Waals surface area contributed by atoms with E-state index in [1.807, 2.05) is 37.3 Å². The molecule has 0 aromatic heterocycles. The number of hydrogen-bond donors (Lipinski definition) is 2. The summed E-state index contributed by atoms with van der Waals surface area (Å²) in [7, 11) is -7.71. The Kier molecular flexibility index (Phi) is 8.12. The van der Waals surface area contributed by atoms with E-state index in [0.29, 0.717) is 29.4 Å². The van der Waals surface area contributed by atoms with Crippen molar-refractivity contribution in [2.75, 3.05) is 27.2 Å². The fraction of sp³-hybridized carbons (Fsp3) is 0.179. The van der Waals surface area contributed by atoms with Crippen molar-refractivity contribution >= 4 is 53.8 Å². The minimum absolute atomic E-state index is 0.00799. The molecule has 0 aliphatic rings. The van der Waals surface area contributed by atoms with E-state index in [-0.39, 0.29) is 4.90 Å². The van der Waals surface area contributed by atoms with Gasteiger partial charge in [0.1, 0.15) is 11.8 Å². The van der Waals surface area contributed by atoms with E-state index in [0.717, 1.165) is 21.3 Å². The Hall–Kier alpha value is -4.09. The zero-order valence-corrected chi connectivity index (χ0v) is 23.3. The molecule has 0 bridgehead atoms. The topological polar surface area (TPSA) is 122 Å². The van der Waals surface area contributed by atoms with Crippen LogP contribution in [0.25, 0.3) is 10.8 Å². The van der Waals surface area contributed by atoms with Gasteiger partial charge in [-0.15, -0.1) is 0 Å². The first-order valence-corrected chi connectivity index (χ1v) is 15.5. The SMILES string of the molecule is CCOc1ccc(N([C@@H](C)C(=O)Nc2ccc(S(=O)(=O)Nc3cccc4ccccc34)cc2)S(C)(=O)=O)cc1. The molecule has 0 heterocycles. The van der Waals surface area contributed by atoms with Crippen molar-refractivity contribution < 1.29 is 26.4 Å². The molecule has 39 heavy (non-hydrogen) atoms. The van der Waals surface area contributed by atoms with Crippen LogP contribution in [0, 0.1) is 0 Å². The lowest BCUT2D eigenvalue weighted by molar-refractivity contribution is -0.116. The molecule has 0 spiro atoms. The summed E-state index contributed by atoms with van der Waals surface area (Å²) in [4.78, 5) is 13.0. The van der Waals surface area contributed by atoms with Gasteiger partial charge in [-0.05, 0) is 73.8 Å². The summed E-state index contributed by atoms with van der Waals surface area (Å²) in [6, 6.07) is 23.7. The molecule has 4 rings (SSSR count). The first-order chi connectivity index (χ1) is 18.5. The van der Waals surface area contributed by atoms with Gasteiger partial charge in [0.2, 0.25) is 15.9 Å². The van der Waals surface area contributed by atoms with Gasteiger partial charge in [-0.3, -0.25) is 13.8 Å². The normalized spacial score (nSPS) is 12.5. The summed E-state index contributed by atoms with van der Waals surface area (Å²) < 4.78 is 60.2. The summed E-state index contributed by atoms with van der Waals surface area (Å²) in [5.41, 5.74) is 1.08. The average molecular weight is 568 g/mol. The molecule has 0 fully saturated rings. The van der Waals surface area contributed by atoms with E-state index < -0.39 is 32.0 Å². The van der Waals surface area contributed by atoms with Gasteiger partial charge in [0.15, 0.2) is 0 Å². The van der Waals surface area contributed by atoms with Crippen LogP contribution in [0.2, 0.25) is 0 Å². The van der Waals surface area contributed by atoms with Crippen LogP contribution < -0.4 is 19.1 Å². The standard InChI is InChI=1S/C28H29N3O6S2/c1-4-37-24-16-14-23(15-17-24)31(38(3,33)34)20(2)28(32)29-22-12-18-25(19-13-22)39(35,36)30-27-11-7-9-21-8-5-6-10-26(21)27/h5-20,30H,4H2,1-3H3,(H,29,32)/t20-/m0/s1. The van der Waals surface area contributed by atoms with E-state index in [1.165, 1.54) is 31.2 Å². The van der Waals surface area contributed by atoms with Crippen LogP contribution in [-0.4, -0.2) is 41.6 Å². The van der Waals surface area contributed by atoms with Crippen LogP contribution >= 0.6 is 0 Å². The number of rotatable bonds is 10. The number of amides is 1. The number of carbonyl (C=O) groups is 1. The second kappa shape index (κ2) is 11.3. The van der Waals surface area contributed by atoms with Crippen molar-refractivity contribution in [3.05, 3.63) is 91.0 Å². The maximum Gasteiger partial charge on any atom is 0.261 e. The summed E-state index contributed by atoms with van der Waals surface area (Å²) in [5.74, 6) is -0.00409. The molecule has 11 heteroatoms. The van der Waals surface area contributed by atoms with Gasteiger partial charge < -0.3 is 10.1 Å². The highest BCUT2D eigenvalue weighted by Crippen LogP contribution is 2.27. The number of carbonyl (C=O) groups excluding carboxylic acids is 1. The summed E-state index contributed by atoms with van der Waals surface area (Å²) in [5, 5.41) is 4.33. The monoisotopic (exact) mass is 567 g/mol. The first kappa shape index (κ1) is 27.9. The van der Waals surface area contributed by atoms with E-state index >= 15 is 0 Å². The molecule has 9 nitrogen and oxygen atoms in total. The molecule has 0 saturated heterocycles. The number of sulfonamides is 2. The van der Waals surface area contributed by atoms with Crippen LogP contribution in [0.1, 0.15) is 13.8 Å². The fourth-order valence-electron chi connectivity index (χ4n) is 4.15. The number of anilines is 3. The zero-order valence-electron chi connectivity index (χ0n) is 21.7. The van der Waals surface area contributed by atoms with Crippen molar-refractivity contribution in [2.24, 2.45) is 0 Å². The fourth-order valence-corrected chi connectivity index (χ4v) is 6.40. The third kappa shape index (κ3) is 6.50. The van der Waals surface area contributed by atoms with Crippen molar-refractivity contribution in [1.82, 2.24) is 0 Å². The molecular formula is C28H29N3O6S2. The van der Waals surface area contributed by atoms with Gasteiger partial charge in [-0.1, -0.05) is 36.4 Å². The molecule has 0 unspecified atom stereocenters. The van der Waals surface area contributed by atoms with Gasteiger partial charge in [0.05, 0.1) is 29.1 Å². The second-order valence-corrected chi connectivity index (χ2v) is 12.3. The maximum absolute atomic E-state index is 13.0. The molecule has 0 aliphatic heterocycles. The molecule has 1 amide bonds. The number of nitrogens with zero attached hydrogens (tertiary/aromatic N) is 1. The van der Waals surface area contributed by atoms with E-state index in [1.54, 1.807) is 36.4 Å². The van der Waals surface area contributed by atoms with Crippen LogP contribution in [0.15, 0.2) is 95.9 Å². The third-order valence-electron chi connectivity index (χ3n) is 5.96. The van der Waals surface area contributed by atoms with Crippen LogP contribution in [0.4, 0.5) is 17.1 Å². The highest BCUT2D eigenvalue weighted by atomic mass is 32.2. The lowest BCUT2D eigenvalue weighted by atomic mass is 10.1. The number of hydrogen-bond acceptors (Lipinski definition) is 6. The number of ether oxygens (including phenoxy) is 1. The summed E-state index contributed by atoms with van der Waals surface area (Å²) in [6.45, 7) is 3.78. The van der Waals surface area contributed by atoms with Crippen LogP contribution in [0.3, 0.4) is 0 Å². The van der Waals surface area contributed by atoms with Gasteiger partial charge >= 0.3 is 0 Å². The van der Waals surface area contributed by atoms with Gasteiger partial charge in [0.25, 0.3) is 10.0 Å². The van der Waals surface area contributed by atoms with Gasteiger partial charge in [-0.2, -0.15) is 0 Å². The maximum atomic E-state index is 13.0. The number of benzene rings is 4. The highest BCUT2D eigenvalue weighted by Gasteiger charge is 2.29.